The van der Waals surface area contributed by atoms with Gasteiger partial charge in [0.2, 0.25) is 0 Å². The Hall–Kier alpha value is -2.53. The van der Waals surface area contributed by atoms with Gasteiger partial charge in [-0.05, 0) is 38.4 Å². The second-order valence-electron chi connectivity index (χ2n) is 5.46. The molecule has 0 aliphatic rings. The SMILES string of the molecule is COc1cccc(Nc2ccccc2C(=O)NCCN(C)C)c1. The zero-order valence-electron chi connectivity index (χ0n) is 13.8. The molecular formula is C18H23N3O2. The van der Waals surface area contributed by atoms with Crippen molar-refractivity contribution in [1.29, 1.82) is 0 Å². The number of benzene rings is 2. The molecule has 0 bridgehead atoms. The second-order valence-corrected chi connectivity index (χ2v) is 5.46. The van der Waals surface area contributed by atoms with E-state index in [0.29, 0.717) is 12.1 Å². The van der Waals surface area contributed by atoms with Gasteiger partial charge in [-0.1, -0.05) is 18.2 Å². The van der Waals surface area contributed by atoms with E-state index >= 15 is 0 Å². The van der Waals surface area contributed by atoms with Crippen molar-refractivity contribution in [1.82, 2.24) is 10.2 Å². The number of hydrogen-bond acceptors (Lipinski definition) is 4. The number of ether oxygens (including phenoxy) is 1. The highest BCUT2D eigenvalue weighted by Gasteiger charge is 2.10. The lowest BCUT2D eigenvalue weighted by atomic mass is 10.1. The number of rotatable bonds is 7. The number of hydrogen-bond donors (Lipinski definition) is 2. The Kier molecular flexibility index (Phi) is 6.00. The van der Waals surface area contributed by atoms with Gasteiger partial charge in [0.05, 0.1) is 18.4 Å². The average molecular weight is 313 g/mol. The normalized spacial score (nSPS) is 10.4. The molecule has 2 aromatic rings. The minimum Gasteiger partial charge on any atom is -0.497 e. The lowest BCUT2D eigenvalue weighted by molar-refractivity contribution is 0.0952. The number of amides is 1. The van der Waals surface area contributed by atoms with Gasteiger partial charge in [-0.2, -0.15) is 0 Å². The standard InChI is InChI=1S/C18H23N3O2/c1-21(2)12-11-19-18(22)16-9-4-5-10-17(16)20-14-7-6-8-15(13-14)23-3/h4-10,13,20H,11-12H2,1-3H3,(H,19,22). The Morgan fingerprint density at radius 3 is 2.65 bits per heavy atom. The van der Waals surface area contributed by atoms with Crippen LogP contribution in [-0.4, -0.2) is 45.1 Å². The van der Waals surface area contributed by atoms with E-state index in [0.717, 1.165) is 23.7 Å². The molecule has 0 aliphatic carbocycles. The summed E-state index contributed by atoms with van der Waals surface area (Å²) in [7, 11) is 5.58. The lowest BCUT2D eigenvalue weighted by Gasteiger charge is -2.14. The summed E-state index contributed by atoms with van der Waals surface area (Å²) in [6, 6.07) is 15.1. The third-order valence-corrected chi connectivity index (χ3v) is 3.37. The van der Waals surface area contributed by atoms with Crippen LogP contribution in [0.4, 0.5) is 11.4 Å². The van der Waals surface area contributed by atoms with Crippen molar-refractivity contribution in [3.05, 3.63) is 54.1 Å². The highest BCUT2D eigenvalue weighted by molar-refractivity contribution is 6.00. The van der Waals surface area contributed by atoms with Gasteiger partial charge in [-0.25, -0.2) is 0 Å². The number of likely N-dealkylation sites (N-methyl/N-ethyl adjacent to an activating group) is 1. The van der Waals surface area contributed by atoms with Gasteiger partial charge >= 0.3 is 0 Å². The molecule has 0 aromatic heterocycles. The summed E-state index contributed by atoms with van der Waals surface area (Å²) in [5.41, 5.74) is 2.26. The van der Waals surface area contributed by atoms with Crippen LogP contribution in [0.2, 0.25) is 0 Å². The Morgan fingerprint density at radius 2 is 1.91 bits per heavy atom. The minimum atomic E-state index is -0.0853. The third-order valence-electron chi connectivity index (χ3n) is 3.37. The van der Waals surface area contributed by atoms with Crippen LogP contribution in [0.1, 0.15) is 10.4 Å². The van der Waals surface area contributed by atoms with Crippen LogP contribution >= 0.6 is 0 Å². The molecular weight excluding hydrogens is 290 g/mol. The Morgan fingerprint density at radius 1 is 1.13 bits per heavy atom. The molecule has 0 atom stereocenters. The fourth-order valence-electron chi connectivity index (χ4n) is 2.13. The summed E-state index contributed by atoms with van der Waals surface area (Å²) in [5, 5.41) is 6.21. The van der Waals surface area contributed by atoms with E-state index in [1.807, 2.05) is 67.5 Å². The molecule has 2 aromatic carbocycles. The number of nitrogens with zero attached hydrogens (tertiary/aromatic N) is 1. The summed E-state index contributed by atoms with van der Waals surface area (Å²) in [5.74, 6) is 0.681. The lowest BCUT2D eigenvalue weighted by Crippen LogP contribution is -2.31. The maximum Gasteiger partial charge on any atom is 0.253 e. The monoisotopic (exact) mass is 313 g/mol. The highest BCUT2D eigenvalue weighted by Crippen LogP contribution is 2.23. The Bertz CT molecular complexity index is 656. The van der Waals surface area contributed by atoms with Crippen LogP contribution in [0.25, 0.3) is 0 Å². The fraction of sp³-hybridized carbons (Fsp3) is 0.278. The van der Waals surface area contributed by atoms with E-state index in [2.05, 4.69) is 10.6 Å². The Balaban J connectivity index is 2.11. The number of methoxy groups -OCH3 is 1. The highest BCUT2D eigenvalue weighted by atomic mass is 16.5. The molecule has 0 saturated carbocycles. The Labute approximate surface area is 137 Å². The zero-order chi connectivity index (χ0) is 16.7. The van der Waals surface area contributed by atoms with Gasteiger partial charge < -0.3 is 20.3 Å². The van der Waals surface area contributed by atoms with Gasteiger partial charge in [-0.15, -0.1) is 0 Å². The molecule has 23 heavy (non-hydrogen) atoms. The van der Waals surface area contributed by atoms with Crippen LogP contribution in [0.3, 0.4) is 0 Å². The third kappa shape index (κ3) is 5.00. The van der Waals surface area contributed by atoms with E-state index in [1.54, 1.807) is 7.11 Å². The van der Waals surface area contributed by atoms with Crippen molar-refractivity contribution < 1.29 is 9.53 Å². The van der Waals surface area contributed by atoms with Crippen LogP contribution in [0.5, 0.6) is 5.75 Å². The largest absolute Gasteiger partial charge is 0.497 e. The average Bonchev–Trinajstić information content (AvgIpc) is 2.55. The van der Waals surface area contributed by atoms with Crippen molar-refractivity contribution in [3.63, 3.8) is 0 Å². The number of anilines is 2. The molecule has 0 heterocycles. The summed E-state index contributed by atoms with van der Waals surface area (Å²) < 4.78 is 5.22. The molecule has 0 radical (unpaired) electrons. The van der Waals surface area contributed by atoms with E-state index in [9.17, 15) is 4.79 Å². The maximum atomic E-state index is 12.4. The first-order valence-electron chi connectivity index (χ1n) is 7.53. The van der Waals surface area contributed by atoms with Gasteiger partial charge in [0.1, 0.15) is 5.75 Å². The van der Waals surface area contributed by atoms with Crippen LogP contribution in [-0.2, 0) is 0 Å². The van der Waals surface area contributed by atoms with Gasteiger partial charge in [0.15, 0.2) is 0 Å². The van der Waals surface area contributed by atoms with Crippen molar-refractivity contribution in [3.8, 4) is 5.75 Å². The van der Waals surface area contributed by atoms with Crippen LogP contribution in [0.15, 0.2) is 48.5 Å². The first-order chi connectivity index (χ1) is 11.1. The summed E-state index contributed by atoms with van der Waals surface area (Å²) >= 11 is 0. The van der Waals surface area contributed by atoms with Crippen LogP contribution in [0, 0.1) is 0 Å². The molecule has 0 aliphatic heterocycles. The van der Waals surface area contributed by atoms with Crippen LogP contribution < -0.4 is 15.4 Å². The second kappa shape index (κ2) is 8.19. The quantitative estimate of drug-likeness (QED) is 0.825. The predicted octanol–water partition coefficient (Wildman–Crippen LogP) is 2.73. The molecule has 0 unspecified atom stereocenters. The van der Waals surface area contributed by atoms with E-state index in [-0.39, 0.29) is 5.91 Å². The van der Waals surface area contributed by atoms with Gasteiger partial charge in [0, 0.05) is 24.8 Å². The molecule has 0 spiro atoms. The van der Waals surface area contributed by atoms with Crippen molar-refractivity contribution in [2.24, 2.45) is 0 Å². The molecule has 5 nitrogen and oxygen atoms in total. The molecule has 0 saturated heterocycles. The van der Waals surface area contributed by atoms with Gasteiger partial charge in [0.25, 0.3) is 5.91 Å². The summed E-state index contributed by atoms with van der Waals surface area (Å²) in [4.78, 5) is 14.4. The van der Waals surface area contributed by atoms with Gasteiger partial charge in [-0.3, -0.25) is 4.79 Å². The molecule has 5 heteroatoms. The zero-order valence-corrected chi connectivity index (χ0v) is 13.8. The predicted molar refractivity (Wildman–Crippen MR) is 93.6 cm³/mol. The smallest absolute Gasteiger partial charge is 0.253 e. The van der Waals surface area contributed by atoms with E-state index in [1.165, 1.54) is 0 Å². The molecule has 2 rings (SSSR count). The number of carbonyl (C=O) groups is 1. The van der Waals surface area contributed by atoms with E-state index < -0.39 is 0 Å². The summed E-state index contributed by atoms with van der Waals surface area (Å²) in [6.45, 7) is 1.41. The molecule has 0 fully saturated rings. The van der Waals surface area contributed by atoms with Crippen molar-refractivity contribution in [2.45, 2.75) is 0 Å². The topological polar surface area (TPSA) is 53.6 Å². The first-order valence-corrected chi connectivity index (χ1v) is 7.53. The number of para-hydroxylation sites is 1. The molecule has 2 N–H and O–H groups in total. The fourth-order valence-corrected chi connectivity index (χ4v) is 2.13. The summed E-state index contributed by atoms with van der Waals surface area (Å²) in [6.07, 6.45) is 0. The maximum absolute atomic E-state index is 12.4. The minimum absolute atomic E-state index is 0.0853. The first kappa shape index (κ1) is 16.8. The number of nitrogens with one attached hydrogen (secondary N) is 2. The van der Waals surface area contributed by atoms with Crippen molar-refractivity contribution in [2.75, 3.05) is 39.6 Å². The molecule has 122 valence electrons. The van der Waals surface area contributed by atoms with E-state index in [4.69, 9.17) is 4.74 Å². The number of carbonyl (C=O) groups excluding carboxylic acids is 1. The van der Waals surface area contributed by atoms with Crippen molar-refractivity contribution >= 4 is 17.3 Å². The molecule has 1 amide bonds.